The van der Waals surface area contributed by atoms with Crippen molar-refractivity contribution in [1.29, 1.82) is 0 Å². The van der Waals surface area contributed by atoms with E-state index in [0.29, 0.717) is 27.9 Å². The molecule has 0 aliphatic carbocycles. The normalized spacial score (nSPS) is 12.0. The molecule has 0 aliphatic rings. The van der Waals surface area contributed by atoms with Crippen molar-refractivity contribution in [2.24, 2.45) is 0 Å². The summed E-state index contributed by atoms with van der Waals surface area (Å²) in [5.74, 6) is -1.71. The van der Waals surface area contributed by atoms with Gasteiger partial charge >= 0.3 is 0 Å². The largest absolute Gasteiger partial charge is 0.360 e. The number of halogens is 2. The van der Waals surface area contributed by atoms with Gasteiger partial charge in [-0.1, -0.05) is 35.9 Å². The van der Waals surface area contributed by atoms with Crippen LogP contribution < -0.4 is 10.9 Å². The summed E-state index contributed by atoms with van der Waals surface area (Å²) in [4.78, 5) is 35.4. The Hall–Kier alpha value is -4.59. The molecule has 3 aromatic heterocycles. The molecule has 0 spiro atoms. The molecule has 1 atom stereocenters. The first-order chi connectivity index (χ1) is 17.9. The highest BCUT2D eigenvalue weighted by Crippen LogP contribution is 2.29. The number of nitrogens with one attached hydrogen (secondary N) is 3. The molecule has 5 aromatic rings. The molecule has 3 heterocycles. The number of hydrogen-bond donors (Lipinski definition) is 3. The topological polar surface area (TPSA) is 90.6 Å². The first kappa shape index (κ1) is 24.1. The van der Waals surface area contributed by atoms with Gasteiger partial charge in [-0.05, 0) is 48.7 Å². The minimum Gasteiger partial charge on any atom is -0.360 e. The number of carbonyl (C=O) groups excluding carboxylic acids is 1. The number of fused-ring (bicyclic) bond motifs is 1. The van der Waals surface area contributed by atoms with E-state index in [0.717, 1.165) is 22.8 Å². The van der Waals surface area contributed by atoms with Gasteiger partial charge in [0.25, 0.3) is 0 Å². The molecule has 0 fully saturated rings. The summed E-state index contributed by atoms with van der Waals surface area (Å²) in [7, 11) is 0. The quantitative estimate of drug-likeness (QED) is 0.290. The van der Waals surface area contributed by atoms with Gasteiger partial charge in [-0.2, -0.15) is 0 Å². The number of aromatic nitrogens is 3. The Morgan fingerprint density at radius 1 is 1.03 bits per heavy atom. The molecular weight excluding hydrogens is 474 g/mol. The summed E-state index contributed by atoms with van der Waals surface area (Å²) in [5, 5.41) is 3.01. The predicted molar refractivity (Wildman–Crippen MR) is 138 cm³/mol. The fourth-order valence-electron chi connectivity index (χ4n) is 4.50. The molecule has 2 aromatic carbocycles. The van der Waals surface area contributed by atoms with Gasteiger partial charge in [0.2, 0.25) is 11.5 Å². The van der Waals surface area contributed by atoms with E-state index in [4.69, 9.17) is 0 Å². The van der Waals surface area contributed by atoms with Crippen molar-refractivity contribution in [3.8, 4) is 11.1 Å². The highest BCUT2D eigenvalue weighted by molar-refractivity contribution is 5.86. The van der Waals surface area contributed by atoms with E-state index in [-0.39, 0.29) is 24.3 Å². The molecule has 0 saturated heterocycles. The number of amides is 1. The van der Waals surface area contributed by atoms with Crippen LogP contribution in [0.15, 0.2) is 83.9 Å². The monoisotopic (exact) mass is 498 g/mol. The molecular formula is C29H24F2N4O2. The molecule has 0 radical (unpaired) electrons. The Morgan fingerprint density at radius 2 is 1.78 bits per heavy atom. The van der Waals surface area contributed by atoms with Gasteiger partial charge in [-0.15, -0.1) is 0 Å². The van der Waals surface area contributed by atoms with Gasteiger partial charge in [0.05, 0.1) is 29.2 Å². The van der Waals surface area contributed by atoms with Crippen LogP contribution in [-0.4, -0.2) is 20.9 Å². The second-order valence-electron chi connectivity index (χ2n) is 9.01. The van der Waals surface area contributed by atoms with Crippen LogP contribution in [0.2, 0.25) is 0 Å². The number of hydrogen-bond acceptors (Lipinski definition) is 3. The predicted octanol–water partition coefficient (Wildman–Crippen LogP) is 5.15. The molecule has 0 aliphatic heterocycles. The summed E-state index contributed by atoms with van der Waals surface area (Å²) in [6, 6.07) is 17.3. The standard InChI is InChI=1S/C29H24F2N4O2/c1-17-4-6-19(7-5-17)23-3-2-10-32-29(23)25(13-18-11-21(30)15-22(31)12-18)34-27(37)14-20-16-33-24-8-9-26(36)35-28(20)24/h2-12,15-16,25,33H,13-14H2,1H3,(H,34,37)(H,35,36). The van der Waals surface area contributed by atoms with Crippen molar-refractivity contribution < 1.29 is 13.6 Å². The van der Waals surface area contributed by atoms with Gasteiger partial charge in [-0.25, -0.2) is 8.78 Å². The van der Waals surface area contributed by atoms with Gasteiger partial charge in [0.1, 0.15) is 11.6 Å². The van der Waals surface area contributed by atoms with Crippen LogP contribution in [0.5, 0.6) is 0 Å². The molecule has 37 heavy (non-hydrogen) atoms. The van der Waals surface area contributed by atoms with Crippen LogP contribution in [0, 0.1) is 18.6 Å². The molecule has 8 heteroatoms. The number of H-pyrrole nitrogens is 2. The summed E-state index contributed by atoms with van der Waals surface area (Å²) < 4.78 is 28.0. The van der Waals surface area contributed by atoms with Crippen LogP contribution in [0.4, 0.5) is 8.78 Å². The fraction of sp³-hybridized carbons (Fsp3) is 0.138. The molecule has 1 unspecified atom stereocenters. The van der Waals surface area contributed by atoms with Crippen molar-refractivity contribution in [1.82, 2.24) is 20.3 Å². The van der Waals surface area contributed by atoms with E-state index in [9.17, 15) is 18.4 Å². The molecule has 6 nitrogen and oxygen atoms in total. The maximum atomic E-state index is 14.0. The van der Waals surface area contributed by atoms with Gasteiger partial charge < -0.3 is 15.3 Å². The zero-order valence-corrected chi connectivity index (χ0v) is 20.0. The summed E-state index contributed by atoms with van der Waals surface area (Å²) in [5.41, 5.74) is 5.41. The van der Waals surface area contributed by atoms with Gasteiger partial charge in [0.15, 0.2) is 0 Å². The van der Waals surface area contributed by atoms with E-state index >= 15 is 0 Å². The molecule has 3 N–H and O–H groups in total. The lowest BCUT2D eigenvalue weighted by molar-refractivity contribution is -0.121. The Bertz CT molecular complexity index is 1620. The van der Waals surface area contributed by atoms with E-state index in [1.54, 1.807) is 18.5 Å². The third-order valence-electron chi connectivity index (χ3n) is 6.22. The number of nitrogens with zero attached hydrogens (tertiary/aromatic N) is 1. The van der Waals surface area contributed by atoms with Gasteiger partial charge in [0, 0.05) is 35.7 Å². The second-order valence-corrected chi connectivity index (χ2v) is 9.01. The van der Waals surface area contributed by atoms with E-state index < -0.39 is 17.7 Å². The van der Waals surface area contributed by atoms with Crippen LogP contribution in [0.1, 0.15) is 28.4 Å². The number of benzene rings is 2. The Morgan fingerprint density at radius 3 is 2.54 bits per heavy atom. The Labute approximate surface area is 211 Å². The van der Waals surface area contributed by atoms with E-state index in [1.807, 2.05) is 43.3 Å². The number of carbonyl (C=O) groups is 1. The number of aromatic amines is 2. The SMILES string of the molecule is Cc1ccc(-c2cccnc2C(Cc2cc(F)cc(F)c2)NC(=O)Cc2c[nH]c3ccc(=O)[nH]c23)cc1. The van der Waals surface area contributed by atoms with Crippen LogP contribution in [-0.2, 0) is 17.6 Å². The van der Waals surface area contributed by atoms with Gasteiger partial charge in [-0.3, -0.25) is 14.6 Å². The lowest BCUT2D eigenvalue weighted by atomic mass is 9.95. The average Bonchev–Trinajstić information content (AvgIpc) is 3.25. The smallest absolute Gasteiger partial charge is 0.248 e. The van der Waals surface area contributed by atoms with E-state index in [2.05, 4.69) is 20.3 Å². The maximum absolute atomic E-state index is 14.0. The number of rotatable bonds is 7. The Kier molecular flexibility index (Phi) is 6.64. The summed E-state index contributed by atoms with van der Waals surface area (Å²) in [6.07, 6.45) is 3.42. The minimum atomic E-state index is -0.692. The molecule has 0 saturated carbocycles. The third-order valence-corrected chi connectivity index (χ3v) is 6.22. The van der Waals surface area contributed by atoms with Crippen molar-refractivity contribution >= 4 is 16.9 Å². The van der Waals surface area contributed by atoms with Crippen molar-refractivity contribution in [3.05, 3.63) is 123 Å². The first-order valence-corrected chi connectivity index (χ1v) is 11.8. The summed E-state index contributed by atoms with van der Waals surface area (Å²) in [6.45, 7) is 1.99. The minimum absolute atomic E-state index is 0.0132. The van der Waals surface area contributed by atoms with Crippen molar-refractivity contribution in [2.75, 3.05) is 0 Å². The Balaban J connectivity index is 1.50. The van der Waals surface area contributed by atoms with Crippen molar-refractivity contribution in [2.45, 2.75) is 25.8 Å². The molecule has 186 valence electrons. The lowest BCUT2D eigenvalue weighted by Gasteiger charge is -2.22. The molecule has 1 amide bonds. The lowest BCUT2D eigenvalue weighted by Crippen LogP contribution is -2.32. The third kappa shape index (κ3) is 5.48. The zero-order chi connectivity index (χ0) is 25.9. The van der Waals surface area contributed by atoms with Crippen LogP contribution in [0.25, 0.3) is 22.2 Å². The highest BCUT2D eigenvalue weighted by Gasteiger charge is 2.22. The molecule has 0 bridgehead atoms. The highest BCUT2D eigenvalue weighted by atomic mass is 19.1. The first-order valence-electron chi connectivity index (χ1n) is 11.8. The summed E-state index contributed by atoms with van der Waals surface area (Å²) >= 11 is 0. The van der Waals surface area contributed by atoms with Crippen LogP contribution >= 0.6 is 0 Å². The average molecular weight is 499 g/mol. The number of aryl methyl sites for hydroxylation is 1. The van der Waals surface area contributed by atoms with Crippen molar-refractivity contribution in [3.63, 3.8) is 0 Å². The molecule has 5 rings (SSSR count). The van der Waals surface area contributed by atoms with Crippen LogP contribution in [0.3, 0.4) is 0 Å². The number of pyridine rings is 2. The zero-order valence-electron chi connectivity index (χ0n) is 20.0. The fourth-order valence-corrected chi connectivity index (χ4v) is 4.50. The van der Waals surface area contributed by atoms with E-state index in [1.165, 1.54) is 18.2 Å². The maximum Gasteiger partial charge on any atom is 0.248 e. The second kappa shape index (κ2) is 10.2.